The summed E-state index contributed by atoms with van der Waals surface area (Å²) in [4.78, 5) is 7.36. The number of nitrogens with zero attached hydrogens (tertiary/aromatic N) is 2. The quantitative estimate of drug-likeness (QED) is 0.519. The lowest BCUT2D eigenvalue weighted by Crippen LogP contribution is -2.36. The SMILES string of the molecule is c1ccc2cc(-c3cc(N4CCOCC4)c4ccccc4n3)ccc2c1. The molecule has 0 atom stereocenters. The first-order valence-corrected chi connectivity index (χ1v) is 9.10. The number of morpholine rings is 1. The molecule has 4 aromatic rings. The molecule has 128 valence electrons. The minimum Gasteiger partial charge on any atom is -0.378 e. The topological polar surface area (TPSA) is 25.4 Å². The number of para-hydroxylation sites is 1. The van der Waals surface area contributed by atoms with Crippen LogP contribution in [0.15, 0.2) is 72.8 Å². The predicted molar refractivity (Wildman–Crippen MR) is 108 cm³/mol. The van der Waals surface area contributed by atoms with E-state index in [9.17, 15) is 0 Å². The maximum atomic E-state index is 5.54. The van der Waals surface area contributed by atoms with Crippen LogP contribution in [0.3, 0.4) is 0 Å². The van der Waals surface area contributed by atoms with Gasteiger partial charge < -0.3 is 9.64 Å². The monoisotopic (exact) mass is 340 g/mol. The molecule has 0 aliphatic carbocycles. The molecule has 0 amide bonds. The smallest absolute Gasteiger partial charge is 0.0730 e. The molecule has 0 saturated carbocycles. The second-order valence-electron chi connectivity index (χ2n) is 6.71. The van der Waals surface area contributed by atoms with E-state index in [1.807, 2.05) is 0 Å². The maximum Gasteiger partial charge on any atom is 0.0730 e. The normalized spacial score (nSPS) is 14.8. The van der Waals surface area contributed by atoms with Crippen LogP contribution in [-0.2, 0) is 4.74 Å². The second-order valence-corrected chi connectivity index (χ2v) is 6.71. The minimum atomic E-state index is 0.780. The summed E-state index contributed by atoms with van der Waals surface area (Å²) < 4.78 is 5.54. The highest BCUT2D eigenvalue weighted by Gasteiger charge is 2.16. The molecule has 1 fully saturated rings. The molecule has 1 saturated heterocycles. The van der Waals surface area contributed by atoms with Crippen molar-refractivity contribution < 1.29 is 4.74 Å². The summed E-state index contributed by atoms with van der Waals surface area (Å²) in [5, 5.41) is 3.71. The van der Waals surface area contributed by atoms with Crippen molar-refractivity contribution in [2.75, 3.05) is 31.2 Å². The van der Waals surface area contributed by atoms with E-state index in [0.29, 0.717) is 0 Å². The summed E-state index contributed by atoms with van der Waals surface area (Å²) in [6.45, 7) is 3.40. The Bertz CT molecular complexity index is 1080. The Kier molecular flexibility index (Phi) is 3.80. The Balaban J connectivity index is 1.69. The summed E-state index contributed by atoms with van der Waals surface area (Å²) in [5.74, 6) is 0. The van der Waals surface area contributed by atoms with E-state index >= 15 is 0 Å². The van der Waals surface area contributed by atoms with Gasteiger partial charge in [-0.1, -0.05) is 54.6 Å². The van der Waals surface area contributed by atoms with E-state index < -0.39 is 0 Å². The van der Waals surface area contributed by atoms with Gasteiger partial charge in [0.2, 0.25) is 0 Å². The van der Waals surface area contributed by atoms with Crippen LogP contribution in [0.1, 0.15) is 0 Å². The van der Waals surface area contributed by atoms with Crippen LogP contribution in [0.4, 0.5) is 5.69 Å². The average Bonchev–Trinajstić information content (AvgIpc) is 2.73. The molecule has 26 heavy (non-hydrogen) atoms. The highest BCUT2D eigenvalue weighted by molar-refractivity contribution is 5.95. The number of hydrogen-bond acceptors (Lipinski definition) is 3. The van der Waals surface area contributed by atoms with Gasteiger partial charge in [0.25, 0.3) is 0 Å². The molecule has 0 bridgehead atoms. The number of hydrogen-bond donors (Lipinski definition) is 0. The van der Waals surface area contributed by atoms with Crippen LogP contribution in [0.5, 0.6) is 0 Å². The lowest BCUT2D eigenvalue weighted by Gasteiger charge is -2.30. The van der Waals surface area contributed by atoms with Crippen molar-refractivity contribution in [3.05, 3.63) is 72.8 Å². The lowest BCUT2D eigenvalue weighted by molar-refractivity contribution is 0.123. The van der Waals surface area contributed by atoms with Crippen LogP contribution in [0.25, 0.3) is 32.9 Å². The maximum absolute atomic E-state index is 5.54. The van der Waals surface area contributed by atoms with E-state index in [-0.39, 0.29) is 0 Å². The van der Waals surface area contributed by atoms with Crippen molar-refractivity contribution >= 4 is 27.4 Å². The van der Waals surface area contributed by atoms with Crippen molar-refractivity contribution in [2.24, 2.45) is 0 Å². The van der Waals surface area contributed by atoms with E-state index in [4.69, 9.17) is 9.72 Å². The summed E-state index contributed by atoms with van der Waals surface area (Å²) in [6, 6.07) is 25.7. The van der Waals surface area contributed by atoms with Gasteiger partial charge in [-0.15, -0.1) is 0 Å². The molecule has 1 aliphatic rings. The van der Waals surface area contributed by atoms with E-state index in [0.717, 1.165) is 43.1 Å². The highest BCUT2D eigenvalue weighted by atomic mass is 16.5. The van der Waals surface area contributed by atoms with Gasteiger partial charge in [0.1, 0.15) is 0 Å². The van der Waals surface area contributed by atoms with Gasteiger partial charge in [0, 0.05) is 29.7 Å². The Morgan fingerprint density at radius 1 is 0.769 bits per heavy atom. The molecule has 1 aliphatic heterocycles. The predicted octanol–water partition coefficient (Wildman–Crippen LogP) is 4.89. The van der Waals surface area contributed by atoms with Crippen molar-refractivity contribution in [3.63, 3.8) is 0 Å². The molecule has 0 radical (unpaired) electrons. The number of aromatic nitrogens is 1. The van der Waals surface area contributed by atoms with Gasteiger partial charge in [-0.3, -0.25) is 0 Å². The first-order valence-electron chi connectivity index (χ1n) is 9.10. The van der Waals surface area contributed by atoms with Crippen LogP contribution < -0.4 is 4.90 Å². The standard InChI is InChI=1S/C23H20N2O/c1-2-6-18-15-19(10-9-17(18)5-1)22-16-23(25-11-13-26-14-12-25)20-7-3-4-8-21(20)24-22/h1-10,15-16H,11-14H2. The molecule has 0 unspecified atom stereocenters. The number of rotatable bonds is 2. The third-order valence-corrected chi connectivity index (χ3v) is 5.09. The van der Waals surface area contributed by atoms with Gasteiger partial charge in [-0.25, -0.2) is 4.98 Å². The first kappa shape index (κ1) is 15.4. The van der Waals surface area contributed by atoms with Gasteiger partial charge in [0.15, 0.2) is 0 Å². The Morgan fingerprint density at radius 2 is 1.54 bits per heavy atom. The number of anilines is 1. The van der Waals surface area contributed by atoms with Crippen molar-refractivity contribution in [2.45, 2.75) is 0 Å². The second kappa shape index (κ2) is 6.43. The van der Waals surface area contributed by atoms with Gasteiger partial charge >= 0.3 is 0 Å². The third kappa shape index (κ3) is 2.71. The lowest BCUT2D eigenvalue weighted by atomic mass is 10.0. The molecular formula is C23H20N2O. The Labute approximate surface area is 152 Å². The molecule has 0 N–H and O–H groups in total. The van der Waals surface area contributed by atoms with Crippen molar-refractivity contribution in [1.29, 1.82) is 0 Å². The highest BCUT2D eigenvalue weighted by Crippen LogP contribution is 2.32. The largest absolute Gasteiger partial charge is 0.378 e. The molecule has 3 nitrogen and oxygen atoms in total. The fourth-order valence-corrected chi connectivity index (χ4v) is 3.72. The van der Waals surface area contributed by atoms with Crippen LogP contribution >= 0.6 is 0 Å². The molecule has 2 heterocycles. The van der Waals surface area contributed by atoms with E-state index in [1.54, 1.807) is 0 Å². The first-order chi connectivity index (χ1) is 12.9. The summed E-state index contributed by atoms with van der Waals surface area (Å²) in [7, 11) is 0. The molecule has 3 aromatic carbocycles. The molecule has 0 spiro atoms. The van der Waals surface area contributed by atoms with Crippen LogP contribution in [-0.4, -0.2) is 31.3 Å². The zero-order valence-electron chi connectivity index (χ0n) is 14.6. The summed E-state index contributed by atoms with van der Waals surface area (Å²) in [5.41, 5.74) is 4.47. The Hall–Kier alpha value is -2.91. The summed E-state index contributed by atoms with van der Waals surface area (Å²) in [6.07, 6.45) is 0. The average molecular weight is 340 g/mol. The Morgan fingerprint density at radius 3 is 2.42 bits per heavy atom. The van der Waals surface area contributed by atoms with E-state index in [2.05, 4.69) is 77.7 Å². The zero-order valence-corrected chi connectivity index (χ0v) is 14.6. The number of benzene rings is 3. The minimum absolute atomic E-state index is 0.780. The fraction of sp³-hybridized carbons (Fsp3) is 0.174. The van der Waals surface area contributed by atoms with Gasteiger partial charge in [-0.05, 0) is 29.0 Å². The van der Waals surface area contributed by atoms with Crippen molar-refractivity contribution in [1.82, 2.24) is 4.98 Å². The zero-order chi connectivity index (χ0) is 17.3. The van der Waals surface area contributed by atoms with Crippen LogP contribution in [0, 0.1) is 0 Å². The number of ether oxygens (including phenoxy) is 1. The van der Waals surface area contributed by atoms with Crippen LogP contribution in [0.2, 0.25) is 0 Å². The van der Waals surface area contributed by atoms with Crippen molar-refractivity contribution in [3.8, 4) is 11.3 Å². The van der Waals surface area contributed by atoms with Gasteiger partial charge in [0.05, 0.1) is 24.4 Å². The van der Waals surface area contributed by atoms with E-state index in [1.165, 1.54) is 21.8 Å². The molecule has 3 heteroatoms. The fourth-order valence-electron chi connectivity index (χ4n) is 3.72. The third-order valence-electron chi connectivity index (χ3n) is 5.09. The number of fused-ring (bicyclic) bond motifs is 2. The molecule has 5 rings (SSSR count). The number of pyridine rings is 1. The molecular weight excluding hydrogens is 320 g/mol. The summed E-state index contributed by atoms with van der Waals surface area (Å²) >= 11 is 0. The molecule has 1 aromatic heterocycles. The van der Waals surface area contributed by atoms with Gasteiger partial charge in [-0.2, -0.15) is 0 Å².